The molecule has 0 amide bonds. The molecule has 0 saturated heterocycles. The monoisotopic (exact) mass is 290 g/mol. The summed E-state index contributed by atoms with van der Waals surface area (Å²) in [7, 11) is 0. The van der Waals surface area contributed by atoms with Crippen LogP contribution in [0, 0.1) is 5.41 Å². The van der Waals surface area contributed by atoms with Crippen LogP contribution < -0.4 is 0 Å². The first-order valence-corrected chi connectivity index (χ1v) is 7.82. The summed E-state index contributed by atoms with van der Waals surface area (Å²) in [5.74, 6) is 2.52. The van der Waals surface area contributed by atoms with Crippen LogP contribution in [0.5, 0.6) is 0 Å². The van der Waals surface area contributed by atoms with E-state index in [1.807, 2.05) is 24.3 Å². The minimum atomic E-state index is -0.554. The summed E-state index contributed by atoms with van der Waals surface area (Å²) >= 11 is 0. The maximum absolute atomic E-state index is 10.5. The number of aryl methyl sites for hydroxylation is 2. The molecule has 2 heterocycles. The molecule has 1 atom stereocenters. The van der Waals surface area contributed by atoms with Crippen LogP contribution in [0.2, 0.25) is 0 Å². The van der Waals surface area contributed by atoms with Gasteiger partial charge < -0.3 is 13.9 Å². The molecule has 0 fully saturated rings. The van der Waals surface area contributed by atoms with Gasteiger partial charge in [-0.1, -0.05) is 33.6 Å². The van der Waals surface area contributed by atoms with E-state index in [9.17, 15) is 5.11 Å². The first kappa shape index (κ1) is 15.9. The van der Waals surface area contributed by atoms with Crippen molar-refractivity contribution in [3.8, 4) is 0 Å². The normalized spacial score (nSPS) is 13.5. The molecule has 3 nitrogen and oxygen atoms in total. The van der Waals surface area contributed by atoms with E-state index in [4.69, 9.17) is 8.83 Å². The van der Waals surface area contributed by atoms with Gasteiger partial charge in [-0.3, -0.25) is 0 Å². The highest BCUT2D eigenvalue weighted by Crippen LogP contribution is 2.38. The van der Waals surface area contributed by atoms with Gasteiger partial charge >= 0.3 is 0 Å². The molecule has 2 rings (SSSR count). The summed E-state index contributed by atoms with van der Waals surface area (Å²) in [6.45, 7) is 6.36. The molecule has 1 unspecified atom stereocenters. The van der Waals surface area contributed by atoms with Crippen molar-refractivity contribution in [1.29, 1.82) is 0 Å². The Kier molecular flexibility index (Phi) is 5.29. The first-order valence-electron chi connectivity index (χ1n) is 7.82. The average Bonchev–Trinajstić information content (AvgIpc) is 3.13. The molecule has 0 saturated carbocycles. The van der Waals surface area contributed by atoms with Crippen LogP contribution in [0.25, 0.3) is 0 Å². The molecular weight excluding hydrogens is 264 g/mol. The van der Waals surface area contributed by atoms with Crippen molar-refractivity contribution in [2.45, 2.75) is 59.0 Å². The zero-order valence-corrected chi connectivity index (χ0v) is 13.3. The van der Waals surface area contributed by atoms with Gasteiger partial charge in [0.1, 0.15) is 23.4 Å². The quantitative estimate of drug-likeness (QED) is 0.751. The fraction of sp³-hybridized carbons (Fsp3) is 0.556. The van der Waals surface area contributed by atoms with Crippen molar-refractivity contribution in [2.75, 3.05) is 0 Å². The van der Waals surface area contributed by atoms with Gasteiger partial charge in [0.25, 0.3) is 0 Å². The molecule has 116 valence electrons. The third kappa shape index (κ3) is 4.24. The number of hydrogen-bond donors (Lipinski definition) is 1. The number of furan rings is 2. The summed E-state index contributed by atoms with van der Waals surface area (Å²) in [6.07, 6.45) is 5.99. The van der Waals surface area contributed by atoms with Gasteiger partial charge in [-0.2, -0.15) is 0 Å². The maximum atomic E-state index is 10.5. The van der Waals surface area contributed by atoms with Crippen molar-refractivity contribution >= 4 is 0 Å². The topological polar surface area (TPSA) is 46.5 Å². The molecule has 0 aliphatic heterocycles. The van der Waals surface area contributed by atoms with Gasteiger partial charge in [0.05, 0.1) is 6.26 Å². The maximum Gasteiger partial charge on any atom is 0.133 e. The summed E-state index contributed by atoms with van der Waals surface area (Å²) < 4.78 is 11.1. The highest BCUT2D eigenvalue weighted by Gasteiger charge is 2.30. The zero-order valence-electron chi connectivity index (χ0n) is 13.3. The van der Waals surface area contributed by atoms with Crippen molar-refractivity contribution in [2.24, 2.45) is 5.41 Å². The number of aliphatic hydroxyl groups excluding tert-OH is 1. The third-order valence-electron chi connectivity index (χ3n) is 4.06. The van der Waals surface area contributed by atoms with Crippen LogP contribution in [0.4, 0.5) is 0 Å². The van der Waals surface area contributed by atoms with E-state index in [0.717, 1.165) is 43.6 Å². The van der Waals surface area contributed by atoms with Gasteiger partial charge in [0, 0.05) is 12.8 Å². The fourth-order valence-corrected chi connectivity index (χ4v) is 2.53. The Labute approximate surface area is 127 Å². The Hall–Kier alpha value is -1.48. The summed E-state index contributed by atoms with van der Waals surface area (Å²) in [4.78, 5) is 0. The fourth-order valence-electron chi connectivity index (χ4n) is 2.53. The second-order valence-corrected chi connectivity index (χ2v) is 6.38. The van der Waals surface area contributed by atoms with E-state index >= 15 is 0 Å². The molecule has 1 N–H and O–H groups in total. The molecule has 0 aliphatic rings. The predicted molar refractivity (Wildman–Crippen MR) is 83.1 cm³/mol. The number of unbranched alkanes of at least 4 members (excludes halogenated alkanes) is 1. The lowest BCUT2D eigenvalue weighted by atomic mass is 9.80. The predicted octanol–water partition coefficient (Wildman–Crippen LogP) is 4.91. The van der Waals surface area contributed by atoms with Gasteiger partial charge in [-0.25, -0.2) is 0 Å². The molecule has 0 spiro atoms. The first-order chi connectivity index (χ1) is 10.0. The average molecular weight is 290 g/mol. The molecule has 0 aliphatic carbocycles. The van der Waals surface area contributed by atoms with Crippen molar-refractivity contribution < 1.29 is 13.9 Å². The van der Waals surface area contributed by atoms with Crippen LogP contribution in [0.15, 0.2) is 39.4 Å². The number of rotatable bonds is 8. The van der Waals surface area contributed by atoms with E-state index in [-0.39, 0.29) is 5.41 Å². The zero-order chi connectivity index (χ0) is 15.3. The third-order valence-corrected chi connectivity index (χ3v) is 4.06. The smallest absolute Gasteiger partial charge is 0.133 e. The molecule has 21 heavy (non-hydrogen) atoms. The van der Waals surface area contributed by atoms with E-state index in [2.05, 4.69) is 20.8 Å². The van der Waals surface area contributed by atoms with Gasteiger partial charge in [-0.05, 0) is 36.1 Å². The minimum absolute atomic E-state index is 0.161. The van der Waals surface area contributed by atoms with Crippen molar-refractivity contribution in [3.63, 3.8) is 0 Å². The largest absolute Gasteiger partial charge is 0.469 e. The van der Waals surface area contributed by atoms with Crippen LogP contribution in [0.3, 0.4) is 0 Å². The lowest BCUT2D eigenvalue weighted by molar-refractivity contribution is 0.0233. The van der Waals surface area contributed by atoms with Crippen molar-refractivity contribution in [3.05, 3.63) is 47.8 Å². The summed E-state index contributed by atoms with van der Waals surface area (Å²) in [5, 5.41) is 10.5. The summed E-state index contributed by atoms with van der Waals surface area (Å²) in [6, 6.07) is 7.71. The lowest BCUT2D eigenvalue weighted by Gasteiger charge is -2.29. The molecule has 2 aromatic rings. The van der Waals surface area contributed by atoms with E-state index in [1.165, 1.54) is 0 Å². The highest BCUT2D eigenvalue weighted by atomic mass is 16.4. The van der Waals surface area contributed by atoms with Crippen LogP contribution in [-0.2, 0) is 12.8 Å². The Bertz CT molecular complexity index is 522. The van der Waals surface area contributed by atoms with Gasteiger partial charge in [0.15, 0.2) is 0 Å². The number of hydrogen-bond acceptors (Lipinski definition) is 3. The Morgan fingerprint density at radius 3 is 2.57 bits per heavy atom. The second-order valence-electron chi connectivity index (χ2n) is 6.38. The Morgan fingerprint density at radius 1 is 1.14 bits per heavy atom. The molecular formula is C18H26O3. The van der Waals surface area contributed by atoms with Crippen LogP contribution in [0.1, 0.15) is 63.4 Å². The van der Waals surface area contributed by atoms with E-state index < -0.39 is 6.10 Å². The standard InChI is InChI=1S/C18H26O3/c1-4-5-12-18(2,3)17(19)16-11-10-15(21-16)9-8-14-7-6-13-20-14/h6-7,10-11,13,17,19H,4-5,8-9,12H2,1-3H3. The SMILES string of the molecule is CCCCC(C)(C)C(O)c1ccc(CCc2ccco2)o1. The number of aliphatic hydroxyl groups is 1. The van der Waals surface area contributed by atoms with Crippen LogP contribution in [-0.4, -0.2) is 5.11 Å². The molecule has 3 heteroatoms. The highest BCUT2D eigenvalue weighted by molar-refractivity contribution is 5.13. The second kappa shape index (κ2) is 6.99. The molecule has 0 bridgehead atoms. The molecule has 0 aromatic carbocycles. The van der Waals surface area contributed by atoms with Crippen LogP contribution >= 0.6 is 0 Å². The van der Waals surface area contributed by atoms with Gasteiger partial charge in [0.2, 0.25) is 0 Å². The van der Waals surface area contributed by atoms with Crippen molar-refractivity contribution in [1.82, 2.24) is 0 Å². The Morgan fingerprint density at radius 2 is 1.90 bits per heavy atom. The van der Waals surface area contributed by atoms with Gasteiger partial charge in [-0.15, -0.1) is 0 Å². The van der Waals surface area contributed by atoms with E-state index in [1.54, 1.807) is 6.26 Å². The molecule has 0 radical (unpaired) electrons. The minimum Gasteiger partial charge on any atom is -0.469 e. The lowest BCUT2D eigenvalue weighted by Crippen LogP contribution is -2.21. The Balaban J connectivity index is 1.95. The molecule has 2 aromatic heterocycles. The van der Waals surface area contributed by atoms with E-state index in [0.29, 0.717) is 5.76 Å². The summed E-state index contributed by atoms with van der Waals surface area (Å²) in [5.41, 5.74) is -0.161.